The summed E-state index contributed by atoms with van der Waals surface area (Å²) in [6.07, 6.45) is 0. The summed E-state index contributed by atoms with van der Waals surface area (Å²) < 4.78 is 0. The minimum atomic E-state index is 0. The van der Waals surface area contributed by atoms with Crippen LogP contribution in [0.2, 0.25) is 0 Å². The third-order valence-electron chi connectivity index (χ3n) is 0. The monoisotopic (exact) mass is 99.0 g/mol. The van der Waals surface area contributed by atoms with Crippen LogP contribution in [0.4, 0.5) is 0 Å². The summed E-state index contributed by atoms with van der Waals surface area (Å²) in [6, 6.07) is 0. The third-order valence-corrected chi connectivity index (χ3v) is 0. The van der Waals surface area contributed by atoms with Crippen molar-refractivity contribution < 1.29 is 0 Å². The van der Waals surface area contributed by atoms with E-state index in [9.17, 15) is 0 Å². The fourth-order valence-corrected chi connectivity index (χ4v) is 0. The summed E-state index contributed by atoms with van der Waals surface area (Å²) in [5.41, 5.74) is 4.84. The number of thiocarbonyl (C=S) groups is 1. The van der Waals surface area contributed by atoms with Crippen LogP contribution < -0.4 is 5.73 Å². The van der Waals surface area contributed by atoms with Crippen molar-refractivity contribution in [3.05, 3.63) is 0 Å². The Morgan fingerprint density at radius 1 is 1.80 bits per heavy atom. The first-order valence-corrected chi connectivity index (χ1v) is 1.40. The van der Waals surface area contributed by atoms with Crippen LogP contribution in [0.3, 0.4) is 0 Å². The first kappa shape index (κ1) is 9.31. The molecule has 0 saturated carbocycles. The average Bonchev–Trinajstić information content (AvgIpc) is 0.811. The molecule has 0 spiro atoms. The summed E-state index contributed by atoms with van der Waals surface area (Å²) in [5, 5.41) is 0. The Balaban J connectivity index is 0. The number of nitrogens with two attached hydrogens (primary N) is 1. The van der Waals surface area contributed by atoms with Gasteiger partial charge in [-0.3, -0.25) is 0 Å². The topological polar surface area (TPSA) is 26.0 Å². The van der Waals surface area contributed by atoms with Gasteiger partial charge >= 0.3 is 29.6 Å². The van der Waals surface area contributed by atoms with Crippen LogP contribution in [-0.4, -0.2) is 34.5 Å². The van der Waals surface area contributed by atoms with Crippen molar-refractivity contribution in [3.63, 3.8) is 0 Å². The Morgan fingerprint density at radius 2 is 1.80 bits per heavy atom. The van der Waals surface area contributed by atoms with Gasteiger partial charge in [0.15, 0.2) is 0 Å². The van der Waals surface area contributed by atoms with Gasteiger partial charge < -0.3 is 5.73 Å². The molecule has 0 aromatic heterocycles. The van der Waals surface area contributed by atoms with Crippen LogP contribution in [0.25, 0.3) is 0 Å². The van der Waals surface area contributed by atoms with Gasteiger partial charge in [-0.15, -0.1) is 0 Å². The zero-order valence-electron chi connectivity index (χ0n) is 2.49. The molecule has 0 aliphatic heterocycles. The summed E-state index contributed by atoms with van der Waals surface area (Å²) >= 11 is 4.31. The van der Waals surface area contributed by atoms with E-state index in [4.69, 9.17) is 5.73 Å². The molecule has 0 fully saturated rings. The van der Waals surface area contributed by atoms with E-state index < -0.39 is 0 Å². The van der Waals surface area contributed by atoms with Gasteiger partial charge in [0.2, 0.25) is 0 Å². The van der Waals surface area contributed by atoms with Gasteiger partial charge in [0.05, 0.1) is 4.99 Å². The van der Waals surface area contributed by atoms with E-state index in [1.165, 1.54) is 0 Å². The normalized spacial score (nSPS) is 5.00. The van der Waals surface area contributed by atoms with Gasteiger partial charge in [0.1, 0.15) is 0 Å². The molecule has 0 atom stereocenters. The Morgan fingerprint density at radius 3 is 1.80 bits per heavy atom. The maximum atomic E-state index is 4.84. The van der Waals surface area contributed by atoms with E-state index in [1.807, 2.05) is 0 Å². The molecule has 0 rings (SSSR count). The molecule has 0 aliphatic rings. The Labute approximate surface area is 59.2 Å². The zero-order chi connectivity index (χ0) is 3.58. The van der Waals surface area contributed by atoms with Gasteiger partial charge in [-0.2, -0.15) is 0 Å². The van der Waals surface area contributed by atoms with Crippen LogP contribution in [0, 0.1) is 0 Å². The summed E-state index contributed by atoms with van der Waals surface area (Å²) in [4.78, 5) is 0.500. The predicted octanol–water partition coefficient (Wildman–Crippen LogP) is -0.356. The molecule has 0 bridgehead atoms. The Hall–Kier alpha value is 0.890. The molecule has 26 valence electrons. The SMILES string of the molecule is CC(N)=S.[NaH]. The first-order valence-electron chi connectivity index (χ1n) is 0.993. The third kappa shape index (κ3) is 51.6. The van der Waals surface area contributed by atoms with Crippen molar-refractivity contribution in [1.82, 2.24) is 0 Å². The van der Waals surface area contributed by atoms with Crippen molar-refractivity contribution in [3.8, 4) is 0 Å². The Bertz CT molecular complexity index is 32.6. The van der Waals surface area contributed by atoms with Gasteiger partial charge in [-0.1, -0.05) is 12.2 Å². The van der Waals surface area contributed by atoms with E-state index in [1.54, 1.807) is 6.92 Å². The fraction of sp³-hybridized carbons (Fsp3) is 0.500. The van der Waals surface area contributed by atoms with E-state index >= 15 is 0 Å². The molecule has 0 aromatic rings. The maximum absolute atomic E-state index is 4.84. The molecule has 0 saturated heterocycles. The number of hydrogen-bond donors (Lipinski definition) is 1. The molecule has 0 radical (unpaired) electrons. The van der Waals surface area contributed by atoms with Crippen molar-refractivity contribution in [2.45, 2.75) is 6.92 Å². The van der Waals surface area contributed by atoms with Crippen molar-refractivity contribution in [2.24, 2.45) is 5.73 Å². The van der Waals surface area contributed by atoms with Crippen LogP contribution in [0.5, 0.6) is 0 Å². The molecule has 5 heavy (non-hydrogen) atoms. The summed E-state index contributed by atoms with van der Waals surface area (Å²) in [6.45, 7) is 1.68. The fourth-order valence-electron chi connectivity index (χ4n) is 0. The van der Waals surface area contributed by atoms with E-state index in [0.717, 1.165) is 0 Å². The molecular formula is C2H6NNaS. The van der Waals surface area contributed by atoms with Gasteiger partial charge in [0, 0.05) is 0 Å². The first-order chi connectivity index (χ1) is 1.73. The zero-order valence-corrected chi connectivity index (χ0v) is 3.30. The summed E-state index contributed by atoms with van der Waals surface area (Å²) in [5.74, 6) is 0. The summed E-state index contributed by atoms with van der Waals surface area (Å²) in [7, 11) is 0. The van der Waals surface area contributed by atoms with E-state index in [0.29, 0.717) is 4.99 Å². The van der Waals surface area contributed by atoms with Crippen LogP contribution in [-0.2, 0) is 0 Å². The molecule has 0 heterocycles. The average molecular weight is 99.1 g/mol. The number of rotatable bonds is 0. The molecule has 0 amide bonds. The molecule has 1 nitrogen and oxygen atoms in total. The van der Waals surface area contributed by atoms with Gasteiger partial charge in [-0.25, -0.2) is 0 Å². The second-order valence-electron chi connectivity index (χ2n) is 0.611. The van der Waals surface area contributed by atoms with E-state index in [2.05, 4.69) is 12.2 Å². The van der Waals surface area contributed by atoms with Crippen molar-refractivity contribution in [2.75, 3.05) is 0 Å². The van der Waals surface area contributed by atoms with E-state index in [-0.39, 0.29) is 29.6 Å². The molecule has 0 aromatic carbocycles. The van der Waals surface area contributed by atoms with Crippen molar-refractivity contribution >= 4 is 46.8 Å². The van der Waals surface area contributed by atoms with Crippen molar-refractivity contribution in [1.29, 1.82) is 0 Å². The second-order valence-corrected chi connectivity index (χ2v) is 1.25. The molecule has 0 unspecified atom stereocenters. The molecule has 2 N–H and O–H groups in total. The molecule has 0 aliphatic carbocycles. The quantitative estimate of drug-likeness (QED) is 0.331. The minimum absolute atomic E-state index is 0. The van der Waals surface area contributed by atoms with Crippen LogP contribution >= 0.6 is 12.2 Å². The molecular weight excluding hydrogens is 93.1 g/mol. The second kappa shape index (κ2) is 4.89. The number of hydrogen-bond acceptors (Lipinski definition) is 1. The predicted molar refractivity (Wildman–Crippen MR) is 29.6 cm³/mol. The van der Waals surface area contributed by atoms with Crippen LogP contribution in [0.15, 0.2) is 0 Å². The van der Waals surface area contributed by atoms with Gasteiger partial charge in [-0.05, 0) is 6.92 Å². The Kier molecular flexibility index (Phi) is 9.10. The molecule has 3 heteroatoms. The van der Waals surface area contributed by atoms with Crippen LogP contribution in [0.1, 0.15) is 6.92 Å². The van der Waals surface area contributed by atoms with Gasteiger partial charge in [0.25, 0.3) is 0 Å². The standard InChI is InChI=1S/C2H5NS.Na.H/c1-2(3)4;;/h1H3,(H2,3,4);;.